The predicted molar refractivity (Wildman–Crippen MR) is 65.2 cm³/mol. The number of aryl methyl sites for hydroxylation is 1. The average Bonchev–Trinajstić information content (AvgIpc) is 2.52. The second-order valence-electron chi connectivity index (χ2n) is 4.41. The van der Waals surface area contributed by atoms with E-state index in [-0.39, 0.29) is 0 Å². The standard InChI is InChI=1S/C12H20N2S/c1-10-13-8-12(15-10)9-14-11-6-4-2-3-5-7-11/h8,11,14H,2-7,9H2,1H3. The van der Waals surface area contributed by atoms with Crippen LogP contribution in [0.3, 0.4) is 0 Å². The minimum Gasteiger partial charge on any atom is -0.309 e. The highest BCUT2D eigenvalue weighted by atomic mass is 32.1. The van der Waals surface area contributed by atoms with Crippen LogP contribution >= 0.6 is 11.3 Å². The Morgan fingerprint density at radius 3 is 2.67 bits per heavy atom. The van der Waals surface area contributed by atoms with Gasteiger partial charge in [0.15, 0.2) is 0 Å². The quantitative estimate of drug-likeness (QED) is 0.797. The first kappa shape index (κ1) is 11.1. The Morgan fingerprint density at radius 2 is 2.07 bits per heavy atom. The van der Waals surface area contributed by atoms with E-state index in [1.54, 1.807) is 0 Å². The maximum atomic E-state index is 4.28. The van der Waals surface area contributed by atoms with Gasteiger partial charge in [0, 0.05) is 23.7 Å². The van der Waals surface area contributed by atoms with Gasteiger partial charge in [-0.3, -0.25) is 0 Å². The van der Waals surface area contributed by atoms with E-state index in [0.717, 1.165) is 12.6 Å². The van der Waals surface area contributed by atoms with Gasteiger partial charge in [-0.1, -0.05) is 25.7 Å². The van der Waals surface area contributed by atoms with Crippen molar-refractivity contribution in [3.8, 4) is 0 Å². The largest absolute Gasteiger partial charge is 0.309 e. The van der Waals surface area contributed by atoms with Gasteiger partial charge in [-0.05, 0) is 19.8 Å². The van der Waals surface area contributed by atoms with Gasteiger partial charge >= 0.3 is 0 Å². The zero-order valence-electron chi connectivity index (χ0n) is 9.46. The highest BCUT2D eigenvalue weighted by Gasteiger charge is 2.11. The van der Waals surface area contributed by atoms with E-state index in [4.69, 9.17) is 0 Å². The first-order valence-electron chi connectivity index (χ1n) is 5.99. The summed E-state index contributed by atoms with van der Waals surface area (Å²) in [5.74, 6) is 0. The van der Waals surface area contributed by atoms with E-state index in [0.29, 0.717) is 0 Å². The van der Waals surface area contributed by atoms with Gasteiger partial charge < -0.3 is 5.32 Å². The number of hydrogen-bond donors (Lipinski definition) is 1. The normalized spacial score (nSPS) is 19.0. The summed E-state index contributed by atoms with van der Waals surface area (Å²) >= 11 is 1.81. The van der Waals surface area contributed by atoms with E-state index in [9.17, 15) is 0 Å². The van der Waals surface area contributed by atoms with Crippen molar-refractivity contribution in [1.29, 1.82) is 0 Å². The van der Waals surface area contributed by atoms with Gasteiger partial charge in [0.25, 0.3) is 0 Å². The molecule has 2 rings (SSSR count). The number of nitrogens with one attached hydrogen (secondary N) is 1. The molecule has 15 heavy (non-hydrogen) atoms. The molecule has 0 atom stereocenters. The molecular formula is C12H20N2S. The topological polar surface area (TPSA) is 24.9 Å². The smallest absolute Gasteiger partial charge is 0.0897 e. The first-order chi connectivity index (χ1) is 7.34. The summed E-state index contributed by atoms with van der Waals surface area (Å²) in [5, 5.41) is 4.84. The molecule has 84 valence electrons. The van der Waals surface area contributed by atoms with Crippen molar-refractivity contribution >= 4 is 11.3 Å². The fourth-order valence-electron chi connectivity index (χ4n) is 2.22. The summed E-state index contributed by atoms with van der Waals surface area (Å²) in [6, 6.07) is 0.745. The number of aromatic nitrogens is 1. The van der Waals surface area contributed by atoms with Crippen LogP contribution in [0.25, 0.3) is 0 Å². The van der Waals surface area contributed by atoms with Crippen molar-refractivity contribution in [2.45, 2.75) is 58.0 Å². The van der Waals surface area contributed by atoms with Crippen molar-refractivity contribution in [2.75, 3.05) is 0 Å². The lowest BCUT2D eigenvalue weighted by atomic mass is 10.1. The van der Waals surface area contributed by atoms with Crippen LogP contribution in [0, 0.1) is 6.92 Å². The van der Waals surface area contributed by atoms with Crippen LogP contribution in [0.2, 0.25) is 0 Å². The summed E-state index contributed by atoms with van der Waals surface area (Å²) in [6.07, 6.45) is 10.4. The molecule has 0 saturated heterocycles. The van der Waals surface area contributed by atoms with Crippen LogP contribution < -0.4 is 5.32 Å². The lowest BCUT2D eigenvalue weighted by Crippen LogP contribution is -2.27. The minimum atomic E-state index is 0.745. The number of rotatable bonds is 3. The zero-order valence-corrected chi connectivity index (χ0v) is 10.3. The second-order valence-corrected chi connectivity index (χ2v) is 5.73. The summed E-state index contributed by atoms with van der Waals surface area (Å²) in [5.41, 5.74) is 0. The summed E-state index contributed by atoms with van der Waals surface area (Å²) in [6.45, 7) is 3.08. The maximum absolute atomic E-state index is 4.28. The zero-order chi connectivity index (χ0) is 10.5. The van der Waals surface area contributed by atoms with Gasteiger partial charge in [-0.2, -0.15) is 0 Å². The molecule has 2 nitrogen and oxygen atoms in total. The molecule has 0 radical (unpaired) electrons. The fraction of sp³-hybridized carbons (Fsp3) is 0.750. The molecule has 1 aliphatic rings. The lowest BCUT2D eigenvalue weighted by molar-refractivity contribution is 0.461. The molecule has 0 unspecified atom stereocenters. The first-order valence-corrected chi connectivity index (χ1v) is 6.81. The van der Waals surface area contributed by atoms with Crippen LogP contribution in [-0.4, -0.2) is 11.0 Å². The predicted octanol–water partition coefficient (Wildman–Crippen LogP) is 3.26. The molecule has 0 spiro atoms. The van der Waals surface area contributed by atoms with Crippen molar-refractivity contribution in [3.63, 3.8) is 0 Å². The van der Waals surface area contributed by atoms with Gasteiger partial charge in [0.05, 0.1) is 5.01 Å². The van der Waals surface area contributed by atoms with Crippen molar-refractivity contribution in [3.05, 3.63) is 16.1 Å². The second kappa shape index (κ2) is 5.61. The summed E-state index contributed by atoms with van der Waals surface area (Å²) in [7, 11) is 0. The Hall–Kier alpha value is -0.410. The molecule has 3 heteroatoms. The molecule has 1 aromatic rings. The molecule has 0 bridgehead atoms. The van der Waals surface area contributed by atoms with Gasteiger partial charge in [-0.25, -0.2) is 4.98 Å². The van der Waals surface area contributed by atoms with E-state index in [2.05, 4.69) is 17.2 Å². The third-order valence-electron chi connectivity index (χ3n) is 3.09. The molecule has 1 heterocycles. The molecule has 1 saturated carbocycles. The highest BCUT2D eigenvalue weighted by Crippen LogP contribution is 2.18. The highest BCUT2D eigenvalue weighted by molar-refractivity contribution is 7.11. The van der Waals surface area contributed by atoms with Crippen LogP contribution in [0.4, 0.5) is 0 Å². The van der Waals surface area contributed by atoms with Crippen molar-refractivity contribution in [1.82, 2.24) is 10.3 Å². The molecule has 0 aliphatic heterocycles. The van der Waals surface area contributed by atoms with E-state index in [1.807, 2.05) is 17.5 Å². The Labute approximate surface area is 96.1 Å². The Balaban J connectivity index is 1.76. The lowest BCUT2D eigenvalue weighted by Gasteiger charge is -2.14. The van der Waals surface area contributed by atoms with Crippen molar-refractivity contribution in [2.24, 2.45) is 0 Å². The Kier molecular flexibility index (Phi) is 4.15. The molecule has 1 aliphatic carbocycles. The van der Waals surface area contributed by atoms with Crippen LogP contribution in [0.1, 0.15) is 48.4 Å². The number of nitrogens with zero attached hydrogens (tertiary/aromatic N) is 1. The van der Waals surface area contributed by atoms with E-state index >= 15 is 0 Å². The van der Waals surface area contributed by atoms with Crippen LogP contribution in [0.15, 0.2) is 6.20 Å². The number of thiazole rings is 1. The van der Waals surface area contributed by atoms with Crippen molar-refractivity contribution < 1.29 is 0 Å². The van der Waals surface area contributed by atoms with Gasteiger partial charge in [-0.15, -0.1) is 11.3 Å². The fourth-order valence-corrected chi connectivity index (χ4v) is 2.96. The third kappa shape index (κ3) is 3.58. The maximum Gasteiger partial charge on any atom is 0.0897 e. The summed E-state index contributed by atoms with van der Waals surface area (Å²) in [4.78, 5) is 5.65. The molecule has 1 N–H and O–H groups in total. The van der Waals surface area contributed by atoms with Gasteiger partial charge in [0.1, 0.15) is 0 Å². The minimum absolute atomic E-state index is 0.745. The Bertz CT molecular complexity index is 288. The van der Waals surface area contributed by atoms with Crippen LogP contribution in [-0.2, 0) is 6.54 Å². The SMILES string of the molecule is Cc1ncc(CNC2CCCCCC2)s1. The Morgan fingerprint density at radius 1 is 1.33 bits per heavy atom. The summed E-state index contributed by atoms with van der Waals surface area (Å²) < 4.78 is 0. The molecule has 1 fully saturated rings. The van der Waals surface area contributed by atoms with E-state index in [1.165, 1.54) is 48.4 Å². The molecular weight excluding hydrogens is 204 g/mol. The van der Waals surface area contributed by atoms with E-state index < -0.39 is 0 Å². The third-order valence-corrected chi connectivity index (χ3v) is 4.00. The molecule has 0 amide bonds. The molecule has 1 aromatic heterocycles. The molecule has 0 aromatic carbocycles. The van der Waals surface area contributed by atoms with Gasteiger partial charge in [0.2, 0.25) is 0 Å². The van der Waals surface area contributed by atoms with Crippen LogP contribution in [0.5, 0.6) is 0 Å². The monoisotopic (exact) mass is 224 g/mol. The average molecular weight is 224 g/mol. The number of hydrogen-bond acceptors (Lipinski definition) is 3.